The van der Waals surface area contributed by atoms with Crippen molar-refractivity contribution in [2.24, 2.45) is 17.8 Å². The van der Waals surface area contributed by atoms with Gasteiger partial charge in [-0.3, -0.25) is 0 Å². The molecule has 2 aliphatic heterocycles. The standard InChI is InChI=1S/C22H27FN2O2/c23-18-5-2-1-4-17(18)22-6-3-7-25(22)20(26)24(13-22)19-15-8-14-9-16(19)12-21(27,10-14)11-15/h1-2,4-5,14-16,19,27H,3,6-13H2. The number of halogens is 1. The Hall–Kier alpha value is -1.62. The maximum atomic E-state index is 14.7. The van der Waals surface area contributed by atoms with E-state index in [2.05, 4.69) is 4.90 Å². The van der Waals surface area contributed by atoms with Crippen LogP contribution >= 0.6 is 0 Å². The van der Waals surface area contributed by atoms with Crippen LogP contribution in [0.2, 0.25) is 0 Å². The minimum atomic E-state index is -0.506. The smallest absolute Gasteiger partial charge is 0.321 e. The Balaban J connectivity index is 1.37. The monoisotopic (exact) mass is 370 g/mol. The Morgan fingerprint density at radius 2 is 1.85 bits per heavy atom. The predicted molar refractivity (Wildman–Crippen MR) is 98.4 cm³/mol. The first-order valence-corrected chi connectivity index (χ1v) is 10.5. The zero-order valence-corrected chi connectivity index (χ0v) is 15.6. The molecule has 4 aliphatic carbocycles. The fourth-order valence-electron chi connectivity index (χ4n) is 7.73. The van der Waals surface area contributed by atoms with E-state index in [9.17, 15) is 14.3 Å². The Kier molecular flexibility index (Phi) is 3.18. The van der Waals surface area contributed by atoms with Gasteiger partial charge in [0.05, 0.1) is 17.7 Å². The Bertz CT molecular complexity index is 797. The molecule has 144 valence electrons. The number of benzene rings is 1. The van der Waals surface area contributed by atoms with Crippen molar-refractivity contribution in [2.75, 3.05) is 13.1 Å². The van der Waals surface area contributed by atoms with Gasteiger partial charge >= 0.3 is 6.03 Å². The molecule has 2 amide bonds. The number of aliphatic hydroxyl groups is 1. The highest BCUT2D eigenvalue weighted by molar-refractivity contribution is 5.80. The van der Waals surface area contributed by atoms with Crippen molar-refractivity contribution in [3.8, 4) is 0 Å². The molecule has 1 N–H and O–H groups in total. The lowest BCUT2D eigenvalue weighted by Gasteiger charge is -2.59. The molecule has 4 saturated carbocycles. The molecule has 7 rings (SSSR count). The minimum absolute atomic E-state index is 0.0974. The summed E-state index contributed by atoms with van der Waals surface area (Å²) >= 11 is 0. The summed E-state index contributed by atoms with van der Waals surface area (Å²) in [7, 11) is 0. The summed E-state index contributed by atoms with van der Waals surface area (Å²) in [5.41, 5.74) is -0.316. The molecule has 3 unspecified atom stereocenters. The highest BCUT2D eigenvalue weighted by Crippen LogP contribution is 2.58. The number of carbonyl (C=O) groups is 1. The van der Waals surface area contributed by atoms with Gasteiger partial charge in [0, 0.05) is 18.2 Å². The molecule has 27 heavy (non-hydrogen) atoms. The van der Waals surface area contributed by atoms with Crippen molar-refractivity contribution < 1.29 is 14.3 Å². The number of nitrogens with zero attached hydrogens (tertiary/aromatic N) is 2. The van der Waals surface area contributed by atoms with Crippen LogP contribution < -0.4 is 0 Å². The van der Waals surface area contributed by atoms with Crippen molar-refractivity contribution >= 4 is 6.03 Å². The first-order chi connectivity index (χ1) is 13.0. The number of hydrogen-bond acceptors (Lipinski definition) is 2. The van der Waals surface area contributed by atoms with E-state index in [1.54, 1.807) is 6.07 Å². The van der Waals surface area contributed by atoms with Crippen LogP contribution in [0.15, 0.2) is 24.3 Å². The van der Waals surface area contributed by atoms with Crippen LogP contribution in [0.1, 0.15) is 50.5 Å². The molecule has 4 bridgehead atoms. The lowest BCUT2D eigenvalue weighted by molar-refractivity contribution is -0.153. The first-order valence-electron chi connectivity index (χ1n) is 10.5. The number of amides is 2. The normalized spacial score (nSPS) is 45.0. The maximum absolute atomic E-state index is 14.7. The Morgan fingerprint density at radius 1 is 1.11 bits per heavy atom. The molecule has 6 aliphatic rings. The Morgan fingerprint density at radius 3 is 2.56 bits per heavy atom. The van der Waals surface area contributed by atoms with Crippen LogP contribution in [-0.4, -0.2) is 45.7 Å². The summed E-state index contributed by atoms with van der Waals surface area (Å²) < 4.78 is 14.7. The van der Waals surface area contributed by atoms with E-state index >= 15 is 0 Å². The molecule has 4 nitrogen and oxygen atoms in total. The molecule has 6 fully saturated rings. The van der Waals surface area contributed by atoms with Gasteiger partial charge in [0.15, 0.2) is 0 Å². The second-order valence-corrected chi connectivity index (χ2v) is 9.86. The summed E-state index contributed by atoms with van der Waals surface area (Å²) in [6.07, 6.45) is 6.67. The highest BCUT2D eigenvalue weighted by Gasteiger charge is 2.62. The second-order valence-electron chi connectivity index (χ2n) is 9.86. The SMILES string of the molecule is O=C1N(C2C3CC4CC2CC(O)(C4)C3)CC2(c3ccccc3F)CCCN12. The second kappa shape index (κ2) is 5.25. The van der Waals surface area contributed by atoms with Crippen molar-refractivity contribution in [2.45, 2.75) is 62.1 Å². The van der Waals surface area contributed by atoms with Gasteiger partial charge in [0.1, 0.15) is 5.82 Å². The van der Waals surface area contributed by atoms with Gasteiger partial charge in [-0.2, -0.15) is 0 Å². The number of rotatable bonds is 2. The predicted octanol–water partition coefficient (Wildman–Crippen LogP) is 3.49. The van der Waals surface area contributed by atoms with Gasteiger partial charge in [0.2, 0.25) is 0 Å². The van der Waals surface area contributed by atoms with E-state index in [-0.39, 0.29) is 17.9 Å². The molecule has 2 saturated heterocycles. The van der Waals surface area contributed by atoms with Gasteiger partial charge < -0.3 is 14.9 Å². The fourth-order valence-corrected chi connectivity index (χ4v) is 7.73. The molecule has 3 atom stereocenters. The lowest BCUT2D eigenvalue weighted by atomic mass is 9.52. The van der Waals surface area contributed by atoms with E-state index in [0.29, 0.717) is 29.9 Å². The third kappa shape index (κ3) is 2.09. The van der Waals surface area contributed by atoms with Gasteiger partial charge in [-0.1, -0.05) is 18.2 Å². The molecule has 0 aromatic heterocycles. The minimum Gasteiger partial charge on any atom is -0.390 e. The maximum Gasteiger partial charge on any atom is 0.321 e. The van der Waals surface area contributed by atoms with Gasteiger partial charge in [-0.15, -0.1) is 0 Å². The lowest BCUT2D eigenvalue weighted by Crippen LogP contribution is -2.62. The summed E-state index contributed by atoms with van der Waals surface area (Å²) in [6.45, 7) is 1.33. The van der Waals surface area contributed by atoms with Gasteiger partial charge in [-0.25, -0.2) is 9.18 Å². The van der Waals surface area contributed by atoms with E-state index in [0.717, 1.165) is 51.5 Å². The summed E-state index contributed by atoms with van der Waals surface area (Å²) in [5.74, 6) is 1.24. The quantitative estimate of drug-likeness (QED) is 0.866. The molecule has 2 heterocycles. The van der Waals surface area contributed by atoms with Crippen molar-refractivity contribution in [1.29, 1.82) is 0 Å². The van der Waals surface area contributed by atoms with Crippen molar-refractivity contribution in [3.05, 3.63) is 35.6 Å². The number of hydrogen-bond donors (Lipinski definition) is 1. The molecular formula is C22H27FN2O2. The van der Waals surface area contributed by atoms with E-state index in [1.807, 2.05) is 17.0 Å². The van der Waals surface area contributed by atoms with Crippen LogP contribution in [-0.2, 0) is 5.54 Å². The average molecular weight is 370 g/mol. The third-order valence-electron chi connectivity index (χ3n) is 8.32. The third-order valence-corrected chi connectivity index (χ3v) is 8.32. The van der Waals surface area contributed by atoms with Crippen LogP contribution in [0, 0.1) is 23.6 Å². The average Bonchev–Trinajstić information content (AvgIpc) is 3.13. The highest BCUT2D eigenvalue weighted by atomic mass is 19.1. The van der Waals surface area contributed by atoms with Crippen LogP contribution in [0.3, 0.4) is 0 Å². The topological polar surface area (TPSA) is 43.8 Å². The van der Waals surface area contributed by atoms with Crippen molar-refractivity contribution in [3.63, 3.8) is 0 Å². The van der Waals surface area contributed by atoms with E-state index in [4.69, 9.17) is 0 Å². The Labute approximate surface area is 159 Å². The van der Waals surface area contributed by atoms with Gasteiger partial charge in [0.25, 0.3) is 0 Å². The summed E-state index contributed by atoms with van der Waals surface area (Å²) in [5, 5.41) is 10.9. The van der Waals surface area contributed by atoms with Crippen molar-refractivity contribution in [1.82, 2.24) is 9.80 Å². The fraction of sp³-hybridized carbons (Fsp3) is 0.682. The molecule has 0 radical (unpaired) electrons. The largest absolute Gasteiger partial charge is 0.390 e. The molecule has 0 spiro atoms. The van der Waals surface area contributed by atoms with Crippen LogP contribution in [0.25, 0.3) is 0 Å². The number of carbonyl (C=O) groups excluding carboxylic acids is 1. The molecule has 1 aromatic carbocycles. The molecular weight excluding hydrogens is 343 g/mol. The van der Waals surface area contributed by atoms with E-state index in [1.165, 1.54) is 6.07 Å². The zero-order chi connectivity index (χ0) is 18.4. The summed E-state index contributed by atoms with van der Waals surface area (Å²) in [6, 6.07) is 7.32. The summed E-state index contributed by atoms with van der Waals surface area (Å²) in [4.78, 5) is 17.5. The van der Waals surface area contributed by atoms with E-state index < -0.39 is 11.1 Å². The zero-order valence-electron chi connectivity index (χ0n) is 15.6. The number of urea groups is 1. The molecule has 1 aromatic rings. The number of fused-ring (bicyclic) bond motifs is 1. The van der Waals surface area contributed by atoms with Gasteiger partial charge in [-0.05, 0) is 68.8 Å². The first kappa shape index (κ1) is 16.3. The van der Waals surface area contributed by atoms with Crippen LogP contribution in [0.4, 0.5) is 9.18 Å². The van der Waals surface area contributed by atoms with Crippen LogP contribution in [0.5, 0.6) is 0 Å². The molecule has 5 heteroatoms.